The molecule has 0 saturated carbocycles. The number of carbonyl (C=O) groups excluding carboxylic acids is 1. The number of likely N-dealkylation sites (tertiary alicyclic amines) is 2. The van der Waals surface area contributed by atoms with Crippen molar-refractivity contribution in [3.63, 3.8) is 0 Å². The minimum absolute atomic E-state index is 0.218. The van der Waals surface area contributed by atoms with Crippen LogP contribution in [0.2, 0.25) is 0 Å². The van der Waals surface area contributed by atoms with Crippen LogP contribution in [-0.2, 0) is 9.53 Å². The van der Waals surface area contributed by atoms with Crippen molar-refractivity contribution in [1.82, 2.24) is 9.80 Å². The lowest BCUT2D eigenvalue weighted by atomic mass is 9.81. The molecular formula is C21H30N2O3. The number of amides is 1. The number of hydrogen-bond donors (Lipinski definition) is 0. The Morgan fingerprint density at radius 1 is 1.12 bits per heavy atom. The SMILES string of the molecule is COc1ccc([C@H]2CN(C(C)=O)[C@@H]3CCN(C4CCOCC4)C[C@H]23)cc1. The minimum atomic E-state index is 0.218. The average molecular weight is 358 g/mol. The van der Waals surface area contributed by atoms with Gasteiger partial charge in [0.2, 0.25) is 5.91 Å². The lowest BCUT2D eigenvalue weighted by molar-refractivity contribution is -0.130. The third-order valence-electron chi connectivity index (χ3n) is 6.62. The number of ether oxygens (including phenoxy) is 2. The molecule has 3 heterocycles. The molecule has 1 aromatic carbocycles. The van der Waals surface area contributed by atoms with Crippen molar-refractivity contribution < 1.29 is 14.3 Å². The Morgan fingerprint density at radius 3 is 2.50 bits per heavy atom. The maximum absolute atomic E-state index is 12.2. The number of methoxy groups -OCH3 is 1. The fourth-order valence-electron chi connectivity index (χ4n) is 5.21. The van der Waals surface area contributed by atoms with E-state index < -0.39 is 0 Å². The van der Waals surface area contributed by atoms with Crippen LogP contribution in [0.1, 0.15) is 37.7 Å². The standard InChI is InChI=1S/C21H30N2O3/c1-15(24)23-14-19(16-3-5-18(25-2)6-4-16)20-13-22(10-7-21(20)23)17-8-11-26-12-9-17/h3-6,17,19-21H,7-14H2,1-2H3/t19-,20-,21-/m1/s1. The van der Waals surface area contributed by atoms with Gasteiger partial charge in [0.05, 0.1) is 7.11 Å². The van der Waals surface area contributed by atoms with E-state index in [4.69, 9.17) is 9.47 Å². The molecule has 0 radical (unpaired) electrons. The average Bonchev–Trinajstić information content (AvgIpc) is 3.08. The molecule has 3 atom stereocenters. The van der Waals surface area contributed by atoms with Gasteiger partial charge in [-0.2, -0.15) is 0 Å². The van der Waals surface area contributed by atoms with Crippen molar-refractivity contribution >= 4 is 5.91 Å². The molecule has 26 heavy (non-hydrogen) atoms. The summed E-state index contributed by atoms with van der Waals surface area (Å²) in [6.07, 6.45) is 3.37. The van der Waals surface area contributed by atoms with Crippen molar-refractivity contribution in [3.8, 4) is 5.75 Å². The summed E-state index contributed by atoms with van der Waals surface area (Å²) in [6.45, 7) is 6.53. The van der Waals surface area contributed by atoms with E-state index in [1.807, 2.05) is 12.1 Å². The van der Waals surface area contributed by atoms with Crippen molar-refractivity contribution in [3.05, 3.63) is 29.8 Å². The zero-order valence-corrected chi connectivity index (χ0v) is 15.9. The summed E-state index contributed by atoms with van der Waals surface area (Å²) in [6, 6.07) is 9.47. The van der Waals surface area contributed by atoms with E-state index in [0.29, 0.717) is 23.9 Å². The molecule has 3 saturated heterocycles. The van der Waals surface area contributed by atoms with Gasteiger partial charge in [-0.05, 0) is 37.0 Å². The van der Waals surface area contributed by atoms with E-state index in [0.717, 1.165) is 57.9 Å². The molecule has 3 aliphatic rings. The molecule has 5 nitrogen and oxygen atoms in total. The van der Waals surface area contributed by atoms with Crippen LogP contribution in [0.3, 0.4) is 0 Å². The van der Waals surface area contributed by atoms with Crippen LogP contribution in [0.25, 0.3) is 0 Å². The Labute approximate surface area is 156 Å². The Hall–Kier alpha value is -1.59. The Bertz CT molecular complexity index is 627. The molecule has 142 valence electrons. The predicted octanol–water partition coefficient (Wildman–Crippen LogP) is 2.51. The van der Waals surface area contributed by atoms with E-state index in [9.17, 15) is 4.79 Å². The van der Waals surface area contributed by atoms with Crippen LogP contribution in [0.5, 0.6) is 5.75 Å². The van der Waals surface area contributed by atoms with E-state index >= 15 is 0 Å². The van der Waals surface area contributed by atoms with E-state index in [1.54, 1.807) is 14.0 Å². The van der Waals surface area contributed by atoms with Gasteiger partial charge in [0, 0.05) is 63.7 Å². The topological polar surface area (TPSA) is 42.0 Å². The maximum Gasteiger partial charge on any atom is 0.219 e. The van der Waals surface area contributed by atoms with Crippen LogP contribution < -0.4 is 4.74 Å². The molecule has 0 unspecified atom stereocenters. The third-order valence-corrected chi connectivity index (χ3v) is 6.62. The second-order valence-electron chi connectivity index (χ2n) is 7.91. The number of rotatable bonds is 3. The first-order chi connectivity index (χ1) is 12.7. The van der Waals surface area contributed by atoms with E-state index in [2.05, 4.69) is 21.9 Å². The lowest BCUT2D eigenvalue weighted by Crippen LogP contribution is -2.51. The number of benzene rings is 1. The summed E-state index contributed by atoms with van der Waals surface area (Å²) in [5, 5.41) is 0. The molecule has 0 N–H and O–H groups in total. The number of fused-ring (bicyclic) bond motifs is 1. The van der Waals surface area contributed by atoms with E-state index in [-0.39, 0.29) is 5.91 Å². The Balaban J connectivity index is 1.55. The molecule has 0 spiro atoms. The maximum atomic E-state index is 12.2. The van der Waals surface area contributed by atoms with Crippen LogP contribution in [0.15, 0.2) is 24.3 Å². The fourth-order valence-corrected chi connectivity index (χ4v) is 5.21. The summed E-state index contributed by atoms with van der Waals surface area (Å²) in [5.74, 6) is 2.04. The van der Waals surface area contributed by atoms with Crippen molar-refractivity contribution in [1.29, 1.82) is 0 Å². The normalized spacial score (nSPS) is 30.2. The molecular weight excluding hydrogens is 328 g/mol. The van der Waals surface area contributed by atoms with Gasteiger partial charge < -0.3 is 14.4 Å². The largest absolute Gasteiger partial charge is 0.497 e. The molecule has 4 rings (SSSR count). The number of piperidine rings is 1. The van der Waals surface area contributed by atoms with Gasteiger partial charge in [-0.25, -0.2) is 0 Å². The quantitative estimate of drug-likeness (QED) is 0.833. The highest BCUT2D eigenvalue weighted by molar-refractivity contribution is 5.74. The van der Waals surface area contributed by atoms with Crippen LogP contribution in [0, 0.1) is 5.92 Å². The first kappa shape index (κ1) is 17.8. The summed E-state index contributed by atoms with van der Waals surface area (Å²) in [7, 11) is 1.70. The number of carbonyl (C=O) groups is 1. The molecule has 0 bridgehead atoms. The molecule has 0 aliphatic carbocycles. The smallest absolute Gasteiger partial charge is 0.219 e. The predicted molar refractivity (Wildman–Crippen MR) is 100 cm³/mol. The molecule has 3 aliphatic heterocycles. The zero-order valence-electron chi connectivity index (χ0n) is 15.9. The molecule has 0 aromatic heterocycles. The monoisotopic (exact) mass is 358 g/mol. The first-order valence-corrected chi connectivity index (χ1v) is 9.90. The van der Waals surface area contributed by atoms with Gasteiger partial charge in [-0.3, -0.25) is 9.69 Å². The lowest BCUT2D eigenvalue weighted by Gasteiger charge is -2.43. The summed E-state index contributed by atoms with van der Waals surface area (Å²) in [5.41, 5.74) is 1.33. The highest BCUT2D eigenvalue weighted by Crippen LogP contribution is 2.42. The number of nitrogens with zero attached hydrogens (tertiary/aromatic N) is 2. The summed E-state index contributed by atoms with van der Waals surface area (Å²) in [4.78, 5) is 17.0. The van der Waals surface area contributed by atoms with Gasteiger partial charge in [0.15, 0.2) is 0 Å². The molecule has 3 fully saturated rings. The van der Waals surface area contributed by atoms with Gasteiger partial charge >= 0.3 is 0 Å². The second kappa shape index (κ2) is 7.57. The Kier molecular flexibility index (Phi) is 5.18. The third kappa shape index (κ3) is 3.35. The molecule has 5 heteroatoms. The highest BCUT2D eigenvalue weighted by Gasteiger charge is 2.47. The van der Waals surface area contributed by atoms with E-state index in [1.165, 1.54) is 5.56 Å². The van der Waals surface area contributed by atoms with Gasteiger partial charge in [-0.1, -0.05) is 12.1 Å². The first-order valence-electron chi connectivity index (χ1n) is 9.90. The highest BCUT2D eigenvalue weighted by atomic mass is 16.5. The van der Waals surface area contributed by atoms with Gasteiger partial charge in [0.1, 0.15) is 5.75 Å². The van der Waals surface area contributed by atoms with Gasteiger partial charge in [-0.15, -0.1) is 0 Å². The minimum Gasteiger partial charge on any atom is -0.497 e. The Morgan fingerprint density at radius 2 is 1.85 bits per heavy atom. The fraction of sp³-hybridized carbons (Fsp3) is 0.667. The zero-order chi connectivity index (χ0) is 18.1. The van der Waals surface area contributed by atoms with Crippen molar-refractivity contribution in [2.45, 2.75) is 44.2 Å². The van der Waals surface area contributed by atoms with Crippen molar-refractivity contribution in [2.24, 2.45) is 5.92 Å². The number of hydrogen-bond acceptors (Lipinski definition) is 4. The van der Waals surface area contributed by atoms with Crippen molar-refractivity contribution in [2.75, 3.05) is 40.0 Å². The van der Waals surface area contributed by atoms with Crippen LogP contribution in [0.4, 0.5) is 0 Å². The molecule has 1 aromatic rings. The second-order valence-corrected chi connectivity index (χ2v) is 7.91. The van der Waals surface area contributed by atoms with Gasteiger partial charge in [0.25, 0.3) is 0 Å². The van der Waals surface area contributed by atoms with Crippen LogP contribution >= 0.6 is 0 Å². The van der Waals surface area contributed by atoms with Crippen LogP contribution in [-0.4, -0.2) is 67.7 Å². The summed E-state index contributed by atoms with van der Waals surface area (Å²) >= 11 is 0. The molecule has 1 amide bonds. The summed E-state index contributed by atoms with van der Waals surface area (Å²) < 4.78 is 10.9.